The SMILES string of the molecule is CCNC(=NCc1ccc(CN2CCN(C)CC2)cc1)NCCn1cccc1.I. The van der Waals surface area contributed by atoms with Gasteiger partial charge in [-0.05, 0) is 37.2 Å². The highest BCUT2D eigenvalue weighted by Crippen LogP contribution is 2.10. The van der Waals surface area contributed by atoms with Crippen molar-refractivity contribution in [2.75, 3.05) is 46.3 Å². The van der Waals surface area contributed by atoms with Crippen molar-refractivity contribution in [3.05, 3.63) is 59.9 Å². The summed E-state index contributed by atoms with van der Waals surface area (Å²) in [5.74, 6) is 0.871. The summed E-state index contributed by atoms with van der Waals surface area (Å²) < 4.78 is 2.16. The van der Waals surface area contributed by atoms with Crippen LogP contribution in [-0.4, -0.2) is 66.6 Å². The molecule has 2 aromatic rings. The zero-order valence-corrected chi connectivity index (χ0v) is 20.0. The van der Waals surface area contributed by atoms with Gasteiger partial charge in [0.25, 0.3) is 0 Å². The Hall–Kier alpha value is -1.58. The summed E-state index contributed by atoms with van der Waals surface area (Å²) >= 11 is 0. The van der Waals surface area contributed by atoms with Gasteiger partial charge in [-0.2, -0.15) is 0 Å². The molecule has 0 amide bonds. The Balaban J connectivity index is 0.00000300. The number of piperazine rings is 1. The third kappa shape index (κ3) is 8.36. The average Bonchev–Trinajstić information content (AvgIpc) is 3.22. The average molecular weight is 510 g/mol. The van der Waals surface area contributed by atoms with E-state index in [9.17, 15) is 0 Å². The third-order valence-corrected chi connectivity index (χ3v) is 5.12. The molecule has 2 heterocycles. The Kier molecular flexibility index (Phi) is 10.5. The molecule has 0 atom stereocenters. The normalized spacial score (nSPS) is 15.7. The summed E-state index contributed by atoms with van der Waals surface area (Å²) in [6, 6.07) is 13.0. The van der Waals surface area contributed by atoms with E-state index in [1.165, 1.54) is 11.1 Å². The lowest BCUT2D eigenvalue weighted by Gasteiger charge is -2.32. The minimum atomic E-state index is 0. The Bertz CT molecular complexity index is 705. The lowest BCUT2D eigenvalue weighted by molar-refractivity contribution is 0.148. The van der Waals surface area contributed by atoms with Crippen LogP contribution in [0, 0.1) is 0 Å². The fourth-order valence-electron chi connectivity index (χ4n) is 3.35. The number of halogens is 1. The molecule has 0 aliphatic carbocycles. The Labute approximate surface area is 192 Å². The van der Waals surface area contributed by atoms with Crippen molar-refractivity contribution in [3.63, 3.8) is 0 Å². The van der Waals surface area contributed by atoms with Crippen molar-refractivity contribution >= 4 is 29.9 Å². The fraction of sp³-hybridized carbons (Fsp3) is 0.500. The molecule has 1 fully saturated rings. The summed E-state index contributed by atoms with van der Waals surface area (Å²) in [5.41, 5.74) is 2.62. The van der Waals surface area contributed by atoms with Crippen LogP contribution < -0.4 is 10.6 Å². The molecule has 0 bridgehead atoms. The predicted octanol–water partition coefficient (Wildman–Crippen LogP) is 2.61. The number of hydrogen-bond acceptors (Lipinski definition) is 3. The van der Waals surface area contributed by atoms with Gasteiger partial charge in [-0.25, -0.2) is 4.99 Å². The molecule has 160 valence electrons. The van der Waals surface area contributed by atoms with Crippen molar-refractivity contribution in [1.29, 1.82) is 0 Å². The minimum absolute atomic E-state index is 0. The van der Waals surface area contributed by atoms with E-state index in [-0.39, 0.29) is 24.0 Å². The number of benzene rings is 1. The van der Waals surface area contributed by atoms with Crippen LogP contribution in [0.5, 0.6) is 0 Å². The number of aliphatic imine (C=N–C) groups is 1. The van der Waals surface area contributed by atoms with Gasteiger partial charge in [-0.15, -0.1) is 24.0 Å². The summed E-state index contributed by atoms with van der Waals surface area (Å²) in [4.78, 5) is 9.65. The first-order valence-corrected chi connectivity index (χ1v) is 10.3. The van der Waals surface area contributed by atoms with E-state index in [1.807, 2.05) is 12.1 Å². The number of likely N-dealkylation sites (N-methyl/N-ethyl adjacent to an activating group) is 1. The largest absolute Gasteiger partial charge is 0.357 e. The Morgan fingerprint density at radius 2 is 1.62 bits per heavy atom. The predicted molar refractivity (Wildman–Crippen MR) is 132 cm³/mol. The van der Waals surface area contributed by atoms with Gasteiger partial charge in [0.15, 0.2) is 5.96 Å². The van der Waals surface area contributed by atoms with Crippen LogP contribution in [-0.2, 0) is 19.6 Å². The lowest BCUT2D eigenvalue weighted by atomic mass is 10.1. The Morgan fingerprint density at radius 1 is 0.966 bits per heavy atom. The van der Waals surface area contributed by atoms with Crippen LogP contribution in [0.3, 0.4) is 0 Å². The smallest absolute Gasteiger partial charge is 0.191 e. The van der Waals surface area contributed by atoms with Gasteiger partial charge in [-0.1, -0.05) is 24.3 Å². The highest BCUT2D eigenvalue weighted by Gasteiger charge is 2.13. The number of aromatic nitrogens is 1. The van der Waals surface area contributed by atoms with Crippen LogP contribution in [0.1, 0.15) is 18.1 Å². The zero-order valence-electron chi connectivity index (χ0n) is 17.7. The van der Waals surface area contributed by atoms with Crippen LogP contribution in [0.25, 0.3) is 0 Å². The van der Waals surface area contributed by atoms with Crippen LogP contribution >= 0.6 is 24.0 Å². The molecule has 2 N–H and O–H groups in total. The highest BCUT2D eigenvalue weighted by atomic mass is 127. The van der Waals surface area contributed by atoms with Crippen molar-refractivity contribution < 1.29 is 0 Å². The van der Waals surface area contributed by atoms with E-state index in [2.05, 4.69) is 75.6 Å². The summed E-state index contributed by atoms with van der Waals surface area (Å²) in [5, 5.41) is 6.73. The maximum absolute atomic E-state index is 4.73. The van der Waals surface area contributed by atoms with E-state index in [0.29, 0.717) is 6.54 Å². The molecule has 29 heavy (non-hydrogen) atoms. The van der Waals surface area contributed by atoms with Gasteiger partial charge < -0.3 is 20.1 Å². The van der Waals surface area contributed by atoms with E-state index in [1.54, 1.807) is 0 Å². The van der Waals surface area contributed by atoms with Gasteiger partial charge >= 0.3 is 0 Å². The van der Waals surface area contributed by atoms with Crippen molar-refractivity contribution in [1.82, 2.24) is 25.0 Å². The molecular formula is C22H35IN6. The number of nitrogens with zero attached hydrogens (tertiary/aromatic N) is 4. The molecule has 7 heteroatoms. The second-order valence-electron chi connectivity index (χ2n) is 7.44. The van der Waals surface area contributed by atoms with Crippen LogP contribution in [0.2, 0.25) is 0 Å². The first-order valence-electron chi connectivity index (χ1n) is 10.3. The second kappa shape index (κ2) is 12.9. The molecule has 1 aromatic heterocycles. The van der Waals surface area contributed by atoms with Crippen molar-refractivity contribution in [2.24, 2.45) is 4.99 Å². The maximum atomic E-state index is 4.73. The highest BCUT2D eigenvalue weighted by molar-refractivity contribution is 14.0. The molecule has 1 aromatic carbocycles. The summed E-state index contributed by atoms with van der Waals surface area (Å²) in [7, 11) is 2.20. The van der Waals surface area contributed by atoms with E-state index >= 15 is 0 Å². The quantitative estimate of drug-likeness (QED) is 0.326. The monoisotopic (exact) mass is 510 g/mol. The van der Waals surface area contributed by atoms with Crippen LogP contribution in [0.15, 0.2) is 53.8 Å². The molecule has 1 aliphatic heterocycles. The molecule has 1 aliphatic rings. The topological polar surface area (TPSA) is 47.8 Å². The third-order valence-electron chi connectivity index (χ3n) is 5.12. The first kappa shape index (κ1) is 23.7. The molecule has 0 spiro atoms. The number of nitrogens with one attached hydrogen (secondary N) is 2. The van der Waals surface area contributed by atoms with Crippen molar-refractivity contribution in [3.8, 4) is 0 Å². The maximum Gasteiger partial charge on any atom is 0.191 e. The van der Waals surface area contributed by atoms with Gasteiger partial charge in [0, 0.05) is 64.8 Å². The molecule has 1 saturated heterocycles. The number of hydrogen-bond donors (Lipinski definition) is 2. The van der Waals surface area contributed by atoms with E-state index in [4.69, 9.17) is 4.99 Å². The standard InChI is InChI=1S/C22H34N6.HI/c1-3-23-22(24-10-13-27-11-4-5-12-27)25-18-20-6-8-21(9-7-20)19-28-16-14-26(2)15-17-28;/h4-9,11-12H,3,10,13-19H2,1-2H3,(H2,23,24,25);1H. The minimum Gasteiger partial charge on any atom is -0.357 e. The molecule has 3 rings (SSSR count). The van der Waals surface area contributed by atoms with Gasteiger partial charge in [0.1, 0.15) is 0 Å². The molecular weight excluding hydrogens is 475 g/mol. The van der Waals surface area contributed by atoms with Gasteiger partial charge in [0.2, 0.25) is 0 Å². The molecule has 0 unspecified atom stereocenters. The van der Waals surface area contributed by atoms with E-state index < -0.39 is 0 Å². The molecule has 0 radical (unpaired) electrons. The van der Waals surface area contributed by atoms with Crippen molar-refractivity contribution in [2.45, 2.75) is 26.6 Å². The summed E-state index contributed by atoms with van der Waals surface area (Å²) in [6.07, 6.45) is 4.16. The summed E-state index contributed by atoms with van der Waals surface area (Å²) in [6.45, 7) is 11.1. The van der Waals surface area contributed by atoms with Gasteiger partial charge in [0.05, 0.1) is 6.54 Å². The fourth-order valence-corrected chi connectivity index (χ4v) is 3.35. The van der Waals surface area contributed by atoms with E-state index in [0.717, 1.165) is 58.3 Å². The Morgan fingerprint density at radius 3 is 2.28 bits per heavy atom. The first-order chi connectivity index (χ1) is 13.7. The van der Waals surface area contributed by atoms with Crippen LogP contribution in [0.4, 0.5) is 0 Å². The molecule has 6 nitrogen and oxygen atoms in total. The zero-order chi connectivity index (χ0) is 19.6. The number of guanidine groups is 1. The molecule has 0 saturated carbocycles. The van der Waals surface area contributed by atoms with Gasteiger partial charge in [-0.3, -0.25) is 4.90 Å². The lowest BCUT2D eigenvalue weighted by Crippen LogP contribution is -2.43. The second-order valence-corrected chi connectivity index (χ2v) is 7.44. The number of rotatable bonds is 8.